The van der Waals surface area contributed by atoms with E-state index in [1.165, 1.54) is 12.7 Å². The summed E-state index contributed by atoms with van der Waals surface area (Å²) in [5, 5.41) is 21.7. The number of Topliss-reactive ketones (excluding diaryl/α,β-unsaturated/α-hetero) is 1. The summed E-state index contributed by atoms with van der Waals surface area (Å²) in [6, 6.07) is 0. The molecule has 3 aliphatic rings. The summed E-state index contributed by atoms with van der Waals surface area (Å²) in [6.07, 6.45) is 4.77. The maximum atomic E-state index is 12.8. The lowest BCUT2D eigenvalue weighted by molar-refractivity contribution is -0.138. The molecule has 1 aliphatic heterocycles. The molecule has 1 saturated carbocycles. The van der Waals surface area contributed by atoms with Crippen molar-refractivity contribution in [3.8, 4) is 0 Å². The van der Waals surface area contributed by atoms with E-state index in [2.05, 4.69) is 26.8 Å². The van der Waals surface area contributed by atoms with Crippen LogP contribution >= 0.6 is 0 Å². The van der Waals surface area contributed by atoms with Crippen molar-refractivity contribution < 1.29 is 24.5 Å². The summed E-state index contributed by atoms with van der Waals surface area (Å²) in [7, 11) is 1.50. The van der Waals surface area contributed by atoms with Gasteiger partial charge in [0, 0.05) is 25.0 Å². The van der Waals surface area contributed by atoms with E-state index >= 15 is 0 Å². The molecule has 0 spiro atoms. The largest absolute Gasteiger partial charge is 0.488 e. The van der Waals surface area contributed by atoms with Gasteiger partial charge in [-0.3, -0.25) is 4.79 Å². The van der Waals surface area contributed by atoms with Gasteiger partial charge in [-0.1, -0.05) is 11.6 Å². The van der Waals surface area contributed by atoms with Gasteiger partial charge in [-0.15, -0.1) is 0 Å². The highest BCUT2D eigenvalue weighted by atomic mass is 16.5. The van der Waals surface area contributed by atoms with Gasteiger partial charge in [-0.05, 0) is 65.7 Å². The molecule has 0 aromatic carbocycles. The van der Waals surface area contributed by atoms with E-state index in [0.29, 0.717) is 24.2 Å². The highest BCUT2D eigenvalue weighted by Crippen LogP contribution is 2.55. The molecule has 2 N–H and O–H groups in total. The lowest BCUT2D eigenvalue weighted by atomic mass is 9.70. The first kappa shape index (κ1) is 20.6. The minimum absolute atomic E-state index is 0.0599. The Labute approximate surface area is 162 Å². The molecule has 0 aromatic rings. The molecular formula is C22H34O5. The highest BCUT2D eigenvalue weighted by molar-refractivity contribution is 6.00. The maximum absolute atomic E-state index is 12.8. The van der Waals surface area contributed by atoms with Gasteiger partial charge in [0.05, 0.1) is 5.60 Å². The van der Waals surface area contributed by atoms with E-state index in [-0.39, 0.29) is 24.0 Å². The molecule has 2 aliphatic carbocycles. The SMILES string of the molecule is CO[C@@H]1C[C@H](O)C2=C(C[C@H]3[C@H](C(C)(O)CCC=C(C)C)CC[C@@]3(C)O2)C1=O. The molecule has 152 valence electrons. The van der Waals surface area contributed by atoms with Gasteiger partial charge in [-0.25, -0.2) is 0 Å². The topological polar surface area (TPSA) is 76.0 Å². The summed E-state index contributed by atoms with van der Waals surface area (Å²) in [6.45, 7) is 8.11. The average molecular weight is 379 g/mol. The smallest absolute Gasteiger partial charge is 0.191 e. The lowest BCUT2D eigenvalue weighted by Crippen LogP contribution is -2.50. The van der Waals surface area contributed by atoms with Crippen LogP contribution in [0.2, 0.25) is 0 Å². The van der Waals surface area contributed by atoms with Gasteiger partial charge < -0.3 is 19.7 Å². The van der Waals surface area contributed by atoms with Crippen LogP contribution in [-0.4, -0.2) is 46.5 Å². The minimum atomic E-state index is -0.813. The summed E-state index contributed by atoms with van der Waals surface area (Å²) in [4.78, 5) is 12.8. The van der Waals surface area contributed by atoms with Crippen molar-refractivity contribution in [2.45, 2.75) is 89.6 Å². The zero-order valence-corrected chi connectivity index (χ0v) is 17.2. The second kappa shape index (κ2) is 7.34. The number of hydrogen-bond acceptors (Lipinski definition) is 5. The number of aliphatic hydroxyl groups is 2. The summed E-state index contributed by atoms with van der Waals surface area (Å²) in [5.41, 5.74) is 0.568. The first-order valence-corrected chi connectivity index (χ1v) is 10.1. The molecule has 0 saturated heterocycles. The van der Waals surface area contributed by atoms with Crippen molar-refractivity contribution in [2.75, 3.05) is 7.11 Å². The van der Waals surface area contributed by atoms with Crippen LogP contribution in [0.15, 0.2) is 23.0 Å². The highest BCUT2D eigenvalue weighted by Gasteiger charge is 2.57. The number of aliphatic hydroxyl groups excluding tert-OH is 1. The molecule has 5 nitrogen and oxygen atoms in total. The van der Waals surface area contributed by atoms with Gasteiger partial charge in [0.1, 0.15) is 23.6 Å². The molecule has 6 atom stereocenters. The summed E-state index contributed by atoms with van der Waals surface area (Å²) < 4.78 is 11.5. The van der Waals surface area contributed by atoms with E-state index < -0.39 is 23.4 Å². The molecular weight excluding hydrogens is 344 g/mol. The van der Waals surface area contributed by atoms with Crippen LogP contribution < -0.4 is 0 Å². The Balaban J connectivity index is 1.84. The fourth-order valence-corrected chi connectivity index (χ4v) is 5.26. The lowest BCUT2D eigenvalue weighted by Gasteiger charge is -2.46. The van der Waals surface area contributed by atoms with Crippen LogP contribution in [-0.2, 0) is 14.3 Å². The predicted octanol–water partition coefficient (Wildman–Crippen LogP) is 3.29. The Kier molecular flexibility index (Phi) is 5.59. The Morgan fingerprint density at radius 2 is 2.15 bits per heavy atom. The number of allylic oxidation sites excluding steroid dienone is 2. The van der Waals surface area contributed by atoms with Crippen LogP contribution in [0.1, 0.15) is 66.2 Å². The molecule has 1 unspecified atom stereocenters. The number of fused-ring (bicyclic) bond motifs is 1. The normalized spacial score (nSPS) is 38.0. The van der Waals surface area contributed by atoms with Crippen LogP contribution in [0, 0.1) is 11.8 Å². The van der Waals surface area contributed by atoms with Gasteiger partial charge in [-0.2, -0.15) is 0 Å². The molecule has 0 radical (unpaired) electrons. The van der Waals surface area contributed by atoms with Crippen molar-refractivity contribution in [1.29, 1.82) is 0 Å². The third-order valence-corrected chi connectivity index (χ3v) is 6.90. The maximum Gasteiger partial charge on any atom is 0.191 e. The van der Waals surface area contributed by atoms with Gasteiger partial charge in [0.25, 0.3) is 0 Å². The van der Waals surface area contributed by atoms with Crippen LogP contribution in [0.3, 0.4) is 0 Å². The molecule has 0 amide bonds. The van der Waals surface area contributed by atoms with Gasteiger partial charge in [0.2, 0.25) is 0 Å². The number of ether oxygens (including phenoxy) is 2. The van der Waals surface area contributed by atoms with Gasteiger partial charge >= 0.3 is 0 Å². The van der Waals surface area contributed by atoms with Crippen molar-refractivity contribution in [3.05, 3.63) is 23.0 Å². The number of rotatable bonds is 5. The van der Waals surface area contributed by atoms with Crippen LogP contribution in [0.25, 0.3) is 0 Å². The molecule has 3 rings (SSSR count). The zero-order chi connectivity index (χ0) is 20.0. The summed E-state index contributed by atoms with van der Waals surface area (Å²) >= 11 is 0. The Hall–Kier alpha value is -1.17. The molecule has 0 bridgehead atoms. The number of carbonyl (C=O) groups is 1. The molecule has 1 heterocycles. The fraction of sp³-hybridized carbons (Fsp3) is 0.773. The van der Waals surface area contributed by atoms with E-state index in [9.17, 15) is 15.0 Å². The monoisotopic (exact) mass is 378 g/mol. The minimum Gasteiger partial charge on any atom is -0.488 e. The number of hydrogen-bond donors (Lipinski definition) is 2. The van der Waals surface area contributed by atoms with Crippen molar-refractivity contribution in [1.82, 2.24) is 0 Å². The first-order chi connectivity index (χ1) is 12.6. The Bertz CT molecular complexity index is 658. The number of methoxy groups -OCH3 is 1. The van der Waals surface area contributed by atoms with Crippen molar-refractivity contribution in [2.24, 2.45) is 11.8 Å². The van der Waals surface area contributed by atoms with E-state index in [1.807, 2.05) is 6.92 Å². The fourth-order valence-electron chi connectivity index (χ4n) is 5.26. The average Bonchev–Trinajstić information content (AvgIpc) is 2.93. The van der Waals surface area contributed by atoms with E-state index in [1.54, 1.807) is 0 Å². The number of carbonyl (C=O) groups excluding carboxylic acids is 1. The Morgan fingerprint density at radius 1 is 1.44 bits per heavy atom. The van der Waals surface area contributed by atoms with Gasteiger partial charge in [0.15, 0.2) is 5.78 Å². The zero-order valence-electron chi connectivity index (χ0n) is 17.2. The standard InChI is InChI=1S/C22H34O5/c1-13(2)7-6-9-21(3,25)15-8-10-22(4)16(15)11-14-19(24)18(26-5)12-17(23)20(14)27-22/h7,15-18,23,25H,6,8-12H2,1-5H3/t15-,16+,17+,18-,21?,22-/m1/s1. The van der Waals surface area contributed by atoms with E-state index in [0.717, 1.165) is 19.3 Å². The first-order valence-electron chi connectivity index (χ1n) is 10.1. The predicted molar refractivity (Wildman–Crippen MR) is 103 cm³/mol. The molecule has 5 heteroatoms. The second-order valence-electron chi connectivity index (χ2n) is 9.23. The Morgan fingerprint density at radius 3 is 2.78 bits per heavy atom. The molecule has 0 aromatic heterocycles. The summed E-state index contributed by atoms with van der Waals surface area (Å²) in [5.74, 6) is 0.492. The van der Waals surface area contributed by atoms with E-state index in [4.69, 9.17) is 9.47 Å². The quantitative estimate of drug-likeness (QED) is 0.718. The second-order valence-corrected chi connectivity index (χ2v) is 9.23. The molecule has 1 fully saturated rings. The number of ketones is 1. The van der Waals surface area contributed by atoms with Crippen LogP contribution in [0.4, 0.5) is 0 Å². The van der Waals surface area contributed by atoms with Crippen molar-refractivity contribution in [3.63, 3.8) is 0 Å². The molecule has 27 heavy (non-hydrogen) atoms. The third-order valence-electron chi connectivity index (χ3n) is 6.90. The van der Waals surface area contributed by atoms with Crippen molar-refractivity contribution >= 4 is 5.78 Å². The van der Waals surface area contributed by atoms with Crippen LogP contribution in [0.5, 0.6) is 0 Å². The third kappa shape index (κ3) is 3.74.